The molecule has 0 saturated carbocycles. The number of hydrogen-bond acceptors (Lipinski definition) is 3. The number of aliphatic carboxylic acids is 1. The largest absolute Gasteiger partial charge is 0.478 e. The van der Waals surface area contributed by atoms with Gasteiger partial charge in [-0.2, -0.15) is 0 Å². The molecule has 0 radical (unpaired) electrons. The number of carboxylic acids is 1. The van der Waals surface area contributed by atoms with Crippen molar-refractivity contribution in [2.45, 2.75) is 48.0 Å². The number of hydrogen-bond donors (Lipinski definition) is 1. The third-order valence-corrected chi connectivity index (χ3v) is 1.86. The van der Waals surface area contributed by atoms with Crippen LogP contribution in [0.25, 0.3) is 0 Å². The summed E-state index contributed by atoms with van der Waals surface area (Å²) in [7, 11) is 0. The molecule has 0 amide bonds. The fourth-order valence-corrected chi connectivity index (χ4v) is 1.06. The maximum absolute atomic E-state index is 10.5. The lowest BCUT2D eigenvalue weighted by atomic mass is 9.88. The SMILES string of the molecule is C=C(CC(C)(C)C)C(=O)O.C=CC(=O)OCC(C)(C)C. The fraction of sp³-hybridized carbons (Fsp3) is 0.625. The molecule has 0 bridgehead atoms. The summed E-state index contributed by atoms with van der Waals surface area (Å²) in [6, 6.07) is 0. The van der Waals surface area contributed by atoms with Gasteiger partial charge in [0.1, 0.15) is 0 Å². The molecular weight excluding hydrogens is 256 g/mol. The van der Waals surface area contributed by atoms with Crippen molar-refractivity contribution in [2.75, 3.05) is 6.61 Å². The van der Waals surface area contributed by atoms with Crippen molar-refractivity contribution >= 4 is 11.9 Å². The first-order valence-corrected chi connectivity index (χ1v) is 6.49. The number of esters is 1. The Kier molecular flexibility index (Phi) is 8.88. The van der Waals surface area contributed by atoms with Gasteiger partial charge in [-0.25, -0.2) is 9.59 Å². The van der Waals surface area contributed by atoms with Gasteiger partial charge < -0.3 is 9.84 Å². The normalized spacial score (nSPS) is 10.9. The Morgan fingerprint density at radius 2 is 1.55 bits per heavy atom. The predicted molar refractivity (Wildman–Crippen MR) is 81.5 cm³/mol. The van der Waals surface area contributed by atoms with Crippen molar-refractivity contribution < 1.29 is 19.4 Å². The number of rotatable bonds is 4. The molecule has 0 aliphatic rings. The van der Waals surface area contributed by atoms with Gasteiger partial charge in [-0.1, -0.05) is 54.7 Å². The zero-order valence-corrected chi connectivity index (χ0v) is 13.6. The van der Waals surface area contributed by atoms with Crippen molar-refractivity contribution in [1.29, 1.82) is 0 Å². The highest BCUT2D eigenvalue weighted by Gasteiger charge is 2.15. The molecular formula is C16H28O4. The molecule has 0 saturated heterocycles. The Labute approximate surface area is 122 Å². The van der Waals surface area contributed by atoms with Crippen LogP contribution in [0.4, 0.5) is 0 Å². The Morgan fingerprint density at radius 3 is 1.75 bits per heavy atom. The summed E-state index contributed by atoms with van der Waals surface area (Å²) in [5, 5.41) is 8.45. The zero-order chi connectivity index (χ0) is 16.6. The van der Waals surface area contributed by atoms with Crippen LogP contribution >= 0.6 is 0 Å². The van der Waals surface area contributed by atoms with E-state index in [0.29, 0.717) is 13.0 Å². The highest BCUT2D eigenvalue weighted by Crippen LogP contribution is 2.22. The predicted octanol–water partition coefficient (Wildman–Crippen LogP) is 3.83. The molecule has 4 heteroatoms. The Morgan fingerprint density at radius 1 is 1.10 bits per heavy atom. The Hall–Kier alpha value is -1.58. The summed E-state index contributed by atoms with van der Waals surface area (Å²) in [6.45, 7) is 19.1. The van der Waals surface area contributed by atoms with Crippen molar-refractivity contribution in [3.63, 3.8) is 0 Å². The highest BCUT2D eigenvalue weighted by atomic mass is 16.5. The molecule has 0 rings (SSSR count). The average molecular weight is 284 g/mol. The molecule has 0 heterocycles. The average Bonchev–Trinajstić information content (AvgIpc) is 2.23. The van der Waals surface area contributed by atoms with Crippen LogP contribution in [-0.4, -0.2) is 23.7 Å². The minimum Gasteiger partial charge on any atom is -0.478 e. The van der Waals surface area contributed by atoms with Crippen LogP contribution in [0.1, 0.15) is 48.0 Å². The van der Waals surface area contributed by atoms with Crippen molar-refractivity contribution in [3.8, 4) is 0 Å². The first-order valence-electron chi connectivity index (χ1n) is 6.49. The molecule has 0 aromatic heterocycles. The van der Waals surface area contributed by atoms with Gasteiger partial charge >= 0.3 is 11.9 Å². The summed E-state index contributed by atoms with van der Waals surface area (Å²) >= 11 is 0. The third-order valence-electron chi connectivity index (χ3n) is 1.86. The smallest absolute Gasteiger partial charge is 0.330 e. The van der Waals surface area contributed by atoms with E-state index in [1.54, 1.807) is 0 Å². The van der Waals surface area contributed by atoms with Crippen LogP contribution in [0.15, 0.2) is 24.8 Å². The first-order chi connectivity index (χ1) is 8.78. The number of carbonyl (C=O) groups excluding carboxylic acids is 1. The topological polar surface area (TPSA) is 63.6 Å². The Bertz CT molecular complexity index is 352. The van der Waals surface area contributed by atoms with Crippen LogP contribution in [0.3, 0.4) is 0 Å². The van der Waals surface area contributed by atoms with Gasteiger partial charge in [0.25, 0.3) is 0 Å². The van der Waals surface area contributed by atoms with Crippen molar-refractivity contribution in [1.82, 2.24) is 0 Å². The lowest BCUT2D eigenvalue weighted by Crippen LogP contribution is -2.16. The summed E-state index contributed by atoms with van der Waals surface area (Å²) < 4.78 is 4.80. The van der Waals surface area contributed by atoms with E-state index in [2.05, 4.69) is 13.2 Å². The van der Waals surface area contributed by atoms with E-state index in [4.69, 9.17) is 9.84 Å². The molecule has 1 N–H and O–H groups in total. The zero-order valence-electron chi connectivity index (χ0n) is 13.6. The second-order valence-corrected chi connectivity index (χ2v) is 7.02. The van der Waals surface area contributed by atoms with Crippen LogP contribution in [0, 0.1) is 10.8 Å². The molecule has 0 aliphatic heterocycles. The molecule has 0 spiro atoms. The van der Waals surface area contributed by atoms with Gasteiger partial charge in [-0.05, 0) is 17.3 Å². The van der Waals surface area contributed by atoms with Crippen LogP contribution < -0.4 is 0 Å². The molecule has 0 aliphatic carbocycles. The molecule has 0 unspecified atom stereocenters. The maximum Gasteiger partial charge on any atom is 0.330 e. The minimum absolute atomic E-state index is 0.0233. The maximum atomic E-state index is 10.5. The molecule has 0 fully saturated rings. The molecule has 0 atom stereocenters. The minimum atomic E-state index is -0.894. The summed E-state index contributed by atoms with van der Waals surface area (Å²) in [6.07, 6.45) is 1.72. The van der Waals surface area contributed by atoms with E-state index in [0.717, 1.165) is 0 Å². The lowest BCUT2D eigenvalue weighted by molar-refractivity contribution is -0.140. The highest BCUT2D eigenvalue weighted by molar-refractivity contribution is 5.85. The second kappa shape index (κ2) is 8.56. The molecule has 20 heavy (non-hydrogen) atoms. The quantitative estimate of drug-likeness (QED) is 0.629. The number of carbonyl (C=O) groups is 2. The van der Waals surface area contributed by atoms with Gasteiger partial charge in [0.15, 0.2) is 0 Å². The molecule has 0 aromatic rings. The lowest BCUT2D eigenvalue weighted by Gasteiger charge is -2.17. The van der Waals surface area contributed by atoms with Crippen LogP contribution in [-0.2, 0) is 14.3 Å². The number of carboxylic acid groups (broad SMARTS) is 1. The van der Waals surface area contributed by atoms with Gasteiger partial charge in [-0.3, -0.25) is 0 Å². The van der Waals surface area contributed by atoms with Crippen molar-refractivity contribution in [2.24, 2.45) is 10.8 Å². The number of ether oxygens (including phenoxy) is 1. The van der Waals surface area contributed by atoms with E-state index in [9.17, 15) is 9.59 Å². The van der Waals surface area contributed by atoms with Gasteiger partial charge in [0.05, 0.1) is 6.61 Å². The van der Waals surface area contributed by atoms with E-state index in [-0.39, 0.29) is 22.4 Å². The second-order valence-electron chi connectivity index (χ2n) is 7.02. The van der Waals surface area contributed by atoms with Gasteiger partial charge in [0, 0.05) is 11.6 Å². The van der Waals surface area contributed by atoms with E-state index in [1.807, 2.05) is 41.5 Å². The van der Waals surface area contributed by atoms with E-state index in [1.165, 1.54) is 6.08 Å². The monoisotopic (exact) mass is 284 g/mol. The fourth-order valence-electron chi connectivity index (χ4n) is 1.06. The van der Waals surface area contributed by atoms with E-state index >= 15 is 0 Å². The first kappa shape index (κ1) is 20.7. The van der Waals surface area contributed by atoms with E-state index < -0.39 is 5.97 Å². The van der Waals surface area contributed by atoms with Crippen LogP contribution in [0.5, 0.6) is 0 Å². The third kappa shape index (κ3) is 16.4. The van der Waals surface area contributed by atoms with Crippen LogP contribution in [0.2, 0.25) is 0 Å². The Balaban J connectivity index is 0. The molecule has 4 nitrogen and oxygen atoms in total. The molecule has 0 aromatic carbocycles. The molecule has 116 valence electrons. The summed E-state index contributed by atoms with van der Waals surface area (Å²) in [5.74, 6) is -1.25. The van der Waals surface area contributed by atoms with Crippen molar-refractivity contribution in [3.05, 3.63) is 24.8 Å². The summed E-state index contributed by atoms with van der Waals surface area (Å²) in [5.41, 5.74) is 0.348. The van der Waals surface area contributed by atoms with Gasteiger partial charge in [0.2, 0.25) is 0 Å². The summed E-state index contributed by atoms with van der Waals surface area (Å²) in [4.78, 5) is 20.8. The van der Waals surface area contributed by atoms with Gasteiger partial charge in [-0.15, -0.1) is 0 Å². The standard InChI is InChI=1S/2C8H14O2/c1-6(7(9)10)5-8(2,3)4;1-5-7(9)10-6-8(2,3)4/h1,5H2,2-4H3,(H,9,10);5H,1,6H2,2-4H3.